The molecule has 0 aliphatic rings. The monoisotopic (exact) mass is 414 g/mol. The molecule has 1 heterocycles. The molecule has 1 aromatic heterocycles. The van der Waals surface area contributed by atoms with Crippen LogP contribution in [0, 0.1) is 0 Å². The summed E-state index contributed by atoms with van der Waals surface area (Å²) in [7, 11) is -3.77. The van der Waals surface area contributed by atoms with Crippen molar-refractivity contribution in [2.75, 3.05) is 6.54 Å². The molecule has 2 aromatic carbocycles. The minimum absolute atomic E-state index is 0.0204. The molecule has 152 valence electrons. The van der Waals surface area contributed by atoms with Crippen LogP contribution in [0.3, 0.4) is 0 Å². The predicted octanol–water partition coefficient (Wildman–Crippen LogP) is 0.471. The van der Waals surface area contributed by atoms with Crippen molar-refractivity contribution in [3.63, 3.8) is 0 Å². The van der Waals surface area contributed by atoms with E-state index in [-0.39, 0.29) is 17.2 Å². The van der Waals surface area contributed by atoms with Crippen molar-refractivity contribution < 1.29 is 13.2 Å². The lowest BCUT2D eigenvalue weighted by Gasteiger charge is -2.07. The highest BCUT2D eigenvalue weighted by atomic mass is 32.2. The van der Waals surface area contributed by atoms with Crippen LogP contribution in [0.15, 0.2) is 59.5 Å². The molecule has 0 unspecified atom stereocenters. The average molecular weight is 414 g/mol. The van der Waals surface area contributed by atoms with E-state index in [9.17, 15) is 13.2 Å². The first kappa shape index (κ1) is 20.6. The molecule has 0 aliphatic heterocycles. The molecule has 0 atom stereocenters. The predicted molar refractivity (Wildman–Crippen MR) is 107 cm³/mol. The number of aromatic nitrogens is 3. The third kappa shape index (κ3) is 5.70. The fourth-order valence-corrected chi connectivity index (χ4v) is 3.27. The second-order valence-corrected chi connectivity index (χ2v) is 8.01. The number of hydrogen-bond donors (Lipinski definition) is 3. The summed E-state index contributed by atoms with van der Waals surface area (Å²) in [6.07, 6.45) is 0.769. The maximum absolute atomic E-state index is 11.5. The van der Waals surface area contributed by atoms with Crippen LogP contribution in [0.4, 0.5) is 0 Å². The number of nitrogens with two attached hydrogens (primary N) is 2. The highest BCUT2D eigenvalue weighted by Gasteiger charge is 2.14. The Hall–Kier alpha value is -3.08. The molecule has 0 fully saturated rings. The van der Waals surface area contributed by atoms with E-state index in [1.165, 1.54) is 12.1 Å². The largest absolute Gasteiger partial charge is 0.370 e. The first-order chi connectivity index (χ1) is 13.8. The normalized spacial score (nSPS) is 11.5. The summed E-state index contributed by atoms with van der Waals surface area (Å²) in [5.41, 5.74) is 6.88. The number of primary sulfonamides is 1. The fraction of sp³-hybridized carbons (Fsp3) is 0.211. The van der Waals surface area contributed by atoms with Gasteiger partial charge in [0.1, 0.15) is 5.82 Å². The van der Waals surface area contributed by atoms with E-state index in [0.29, 0.717) is 36.8 Å². The number of benzene rings is 2. The first-order valence-corrected chi connectivity index (χ1v) is 10.5. The zero-order chi connectivity index (χ0) is 20.9. The van der Waals surface area contributed by atoms with Crippen molar-refractivity contribution in [1.82, 2.24) is 20.1 Å². The number of carbonyl (C=O) groups excluding carboxylic acids is 1. The molecule has 0 aliphatic carbocycles. The van der Waals surface area contributed by atoms with Gasteiger partial charge in [0.15, 0.2) is 5.82 Å². The van der Waals surface area contributed by atoms with Gasteiger partial charge in [-0.15, -0.1) is 0 Å². The van der Waals surface area contributed by atoms with Crippen LogP contribution < -0.4 is 16.2 Å². The second-order valence-electron chi connectivity index (χ2n) is 6.45. The van der Waals surface area contributed by atoms with E-state index < -0.39 is 10.0 Å². The lowest BCUT2D eigenvalue weighted by molar-refractivity contribution is -0.117. The van der Waals surface area contributed by atoms with Crippen LogP contribution >= 0.6 is 0 Å². The van der Waals surface area contributed by atoms with Gasteiger partial charge in [0.05, 0.1) is 17.1 Å². The number of rotatable bonds is 9. The van der Waals surface area contributed by atoms with Gasteiger partial charge < -0.3 is 11.1 Å². The molecular weight excluding hydrogens is 392 g/mol. The third-order valence-corrected chi connectivity index (χ3v) is 5.09. The highest BCUT2D eigenvalue weighted by Crippen LogP contribution is 2.15. The van der Waals surface area contributed by atoms with Crippen LogP contribution in [0.5, 0.6) is 0 Å². The van der Waals surface area contributed by atoms with Gasteiger partial charge in [-0.25, -0.2) is 23.2 Å². The first-order valence-electron chi connectivity index (χ1n) is 8.94. The van der Waals surface area contributed by atoms with Crippen molar-refractivity contribution in [1.29, 1.82) is 0 Å². The van der Waals surface area contributed by atoms with Gasteiger partial charge in [0.25, 0.3) is 0 Å². The molecule has 3 rings (SSSR count). The second kappa shape index (κ2) is 8.95. The van der Waals surface area contributed by atoms with Crippen LogP contribution in [-0.2, 0) is 27.8 Å². The Morgan fingerprint density at radius 2 is 1.76 bits per heavy atom. The van der Waals surface area contributed by atoms with Gasteiger partial charge in [0.2, 0.25) is 15.9 Å². The Bertz CT molecular complexity index is 1080. The quantitative estimate of drug-likeness (QED) is 0.434. The summed E-state index contributed by atoms with van der Waals surface area (Å²) in [6, 6.07) is 15.9. The minimum Gasteiger partial charge on any atom is -0.370 e. The van der Waals surface area contributed by atoms with Crippen LogP contribution in [0.1, 0.15) is 23.6 Å². The van der Waals surface area contributed by atoms with E-state index in [1.807, 2.05) is 30.3 Å². The third-order valence-electron chi connectivity index (χ3n) is 4.16. The van der Waals surface area contributed by atoms with E-state index in [4.69, 9.17) is 10.9 Å². The van der Waals surface area contributed by atoms with E-state index in [2.05, 4.69) is 15.4 Å². The van der Waals surface area contributed by atoms with Crippen molar-refractivity contribution in [3.8, 4) is 5.69 Å². The van der Waals surface area contributed by atoms with E-state index in [0.717, 1.165) is 5.56 Å². The van der Waals surface area contributed by atoms with Crippen LogP contribution in [0.25, 0.3) is 5.69 Å². The van der Waals surface area contributed by atoms with E-state index >= 15 is 0 Å². The molecule has 0 bridgehead atoms. The number of nitrogens with zero attached hydrogens (tertiary/aromatic N) is 3. The van der Waals surface area contributed by atoms with Crippen LogP contribution in [0.2, 0.25) is 0 Å². The molecule has 0 saturated carbocycles. The minimum atomic E-state index is -3.77. The molecule has 29 heavy (non-hydrogen) atoms. The lowest BCUT2D eigenvalue weighted by Crippen LogP contribution is -2.23. The lowest BCUT2D eigenvalue weighted by atomic mass is 10.1. The summed E-state index contributed by atoms with van der Waals surface area (Å²) in [5, 5.41) is 12.9. The van der Waals surface area contributed by atoms with Crippen molar-refractivity contribution in [3.05, 3.63) is 71.8 Å². The van der Waals surface area contributed by atoms with Gasteiger partial charge in [-0.3, -0.25) is 4.79 Å². The number of amides is 1. The summed E-state index contributed by atoms with van der Waals surface area (Å²) in [6.45, 7) is 0.784. The zero-order valence-corrected chi connectivity index (χ0v) is 16.5. The molecule has 0 radical (unpaired) electrons. The summed E-state index contributed by atoms with van der Waals surface area (Å²) in [5.74, 6) is 0.865. The molecular formula is C19H22N6O3S. The smallest absolute Gasteiger partial charge is 0.238 e. The molecule has 0 saturated heterocycles. The molecule has 3 aromatic rings. The van der Waals surface area contributed by atoms with Crippen molar-refractivity contribution in [2.24, 2.45) is 10.9 Å². The van der Waals surface area contributed by atoms with Gasteiger partial charge in [-0.2, -0.15) is 5.10 Å². The Morgan fingerprint density at radius 3 is 2.38 bits per heavy atom. The summed E-state index contributed by atoms with van der Waals surface area (Å²) in [4.78, 5) is 15.5. The van der Waals surface area contributed by atoms with Gasteiger partial charge in [-0.05, 0) is 29.8 Å². The SMILES string of the molecule is NC(=O)CCNCc1nc(Cc2ccccc2)nn1-c1ccc(S(N)(=O)=O)cc1. The van der Waals surface area contributed by atoms with Gasteiger partial charge in [0, 0.05) is 19.4 Å². The summed E-state index contributed by atoms with van der Waals surface area (Å²) >= 11 is 0. The maximum Gasteiger partial charge on any atom is 0.238 e. The topological polar surface area (TPSA) is 146 Å². The Labute approximate surface area is 168 Å². The number of carbonyl (C=O) groups is 1. The maximum atomic E-state index is 11.5. The van der Waals surface area contributed by atoms with E-state index in [1.54, 1.807) is 16.8 Å². The number of primary amides is 1. The Balaban J connectivity index is 1.87. The molecule has 10 heteroatoms. The number of nitrogens with one attached hydrogen (secondary N) is 1. The summed E-state index contributed by atoms with van der Waals surface area (Å²) < 4.78 is 24.6. The van der Waals surface area contributed by atoms with Crippen molar-refractivity contribution in [2.45, 2.75) is 24.3 Å². The van der Waals surface area contributed by atoms with Gasteiger partial charge in [-0.1, -0.05) is 30.3 Å². The highest BCUT2D eigenvalue weighted by molar-refractivity contribution is 7.89. The molecule has 1 amide bonds. The zero-order valence-electron chi connectivity index (χ0n) is 15.7. The molecule has 5 N–H and O–H groups in total. The average Bonchev–Trinajstić information content (AvgIpc) is 3.08. The Kier molecular flexibility index (Phi) is 6.37. The van der Waals surface area contributed by atoms with Crippen molar-refractivity contribution >= 4 is 15.9 Å². The number of hydrogen-bond acceptors (Lipinski definition) is 6. The van der Waals surface area contributed by atoms with Crippen LogP contribution in [-0.4, -0.2) is 35.6 Å². The number of sulfonamides is 1. The fourth-order valence-electron chi connectivity index (χ4n) is 2.76. The molecule has 9 nitrogen and oxygen atoms in total. The standard InChI is InChI=1S/C19H22N6O3S/c20-17(26)10-11-22-13-19-23-18(12-14-4-2-1-3-5-14)24-25(19)15-6-8-16(9-7-15)29(21,27)28/h1-9,22H,10-13H2,(H2,20,26)(H2,21,27,28). The molecule has 0 spiro atoms. The van der Waals surface area contributed by atoms with Gasteiger partial charge >= 0.3 is 0 Å². The Morgan fingerprint density at radius 1 is 1.07 bits per heavy atom.